The van der Waals surface area contributed by atoms with Crippen molar-refractivity contribution in [3.05, 3.63) is 12.3 Å². The molecule has 1 aliphatic heterocycles. The van der Waals surface area contributed by atoms with Gasteiger partial charge in [-0.3, -0.25) is 4.98 Å². The third-order valence-corrected chi connectivity index (χ3v) is 4.20. The molecule has 1 aromatic heterocycles. The summed E-state index contributed by atoms with van der Waals surface area (Å²) in [4.78, 5) is 4.37. The average molecular weight is 276 g/mol. The van der Waals surface area contributed by atoms with Gasteiger partial charge in [0.2, 0.25) is 0 Å². The molecule has 2 N–H and O–H groups in total. The summed E-state index contributed by atoms with van der Waals surface area (Å²) in [6.45, 7) is 8.08. The van der Waals surface area contributed by atoms with Crippen LogP contribution in [0.4, 0.5) is 5.69 Å². The van der Waals surface area contributed by atoms with Crippen LogP contribution in [0.25, 0.3) is 0 Å². The highest BCUT2D eigenvalue weighted by atomic mass is 16.7. The fourth-order valence-electron chi connectivity index (χ4n) is 2.06. The second kappa shape index (κ2) is 4.36. The van der Waals surface area contributed by atoms with Gasteiger partial charge in [0.25, 0.3) is 0 Å². The Bertz CT molecular complexity index is 513. The molecule has 2 fully saturated rings. The van der Waals surface area contributed by atoms with E-state index in [1.807, 2.05) is 27.7 Å². The summed E-state index contributed by atoms with van der Waals surface area (Å²) in [5, 5.41) is 0. The van der Waals surface area contributed by atoms with Crippen LogP contribution in [0, 0.1) is 0 Å². The summed E-state index contributed by atoms with van der Waals surface area (Å²) in [6, 6.07) is 1.80. The predicted molar refractivity (Wildman–Crippen MR) is 78.0 cm³/mol. The van der Waals surface area contributed by atoms with Crippen molar-refractivity contribution in [1.29, 1.82) is 0 Å². The number of pyridine rings is 1. The van der Waals surface area contributed by atoms with Gasteiger partial charge < -0.3 is 19.8 Å². The number of anilines is 1. The van der Waals surface area contributed by atoms with Gasteiger partial charge in [-0.15, -0.1) is 0 Å². The van der Waals surface area contributed by atoms with Gasteiger partial charge in [0, 0.05) is 12.3 Å². The zero-order chi connectivity index (χ0) is 14.5. The van der Waals surface area contributed by atoms with Gasteiger partial charge in [0.15, 0.2) is 0 Å². The van der Waals surface area contributed by atoms with Gasteiger partial charge >= 0.3 is 7.12 Å². The molecule has 1 aromatic rings. The first-order valence-electron chi connectivity index (χ1n) is 7.06. The summed E-state index contributed by atoms with van der Waals surface area (Å²) in [6.07, 6.45) is 4.05. The largest absolute Gasteiger partial charge is 0.518 e. The van der Waals surface area contributed by atoms with E-state index in [9.17, 15) is 0 Å². The SMILES string of the molecule is CC1(C)OB(c2ncc(N)cc2OC2CC2)OC1(C)C. The first kappa shape index (κ1) is 13.7. The van der Waals surface area contributed by atoms with Gasteiger partial charge in [0.1, 0.15) is 11.3 Å². The first-order chi connectivity index (χ1) is 9.28. The highest BCUT2D eigenvalue weighted by Crippen LogP contribution is 2.37. The molecule has 1 aliphatic carbocycles. The van der Waals surface area contributed by atoms with Crippen LogP contribution >= 0.6 is 0 Å². The average Bonchev–Trinajstić information content (AvgIpc) is 3.07. The molecule has 0 unspecified atom stereocenters. The third-order valence-electron chi connectivity index (χ3n) is 4.20. The second-order valence-electron chi connectivity index (χ2n) is 6.56. The molecule has 0 radical (unpaired) electrons. The topological polar surface area (TPSA) is 66.6 Å². The predicted octanol–water partition coefficient (Wildman–Crippen LogP) is 1.50. The molecule has 3 rings (SSSR count). The molecule has 0 bridgehead atoms. The molecule has 0 amide bonds. The van der Waals surface area contributed by atoms with Crippen LogP contribution in [0.1, 0.15) is 40.5 Å². The number of nitrogens with two attached hydrogens (primary N) is 1. The van der Waals surface area contributed by atoms with E-state index in [4.69, 9.17) is 19.8 Å². The van der Waals surface area contributed by atoms with Crippen LogP contribution in [-0.4, -0.2) is 29.4 Å². The van der Waals surface area contributed by atoms with E-state index in [1.165, 1.54) is 0 Å². The maximum atomic E-state index is 6.03. The first-order valence-corrected chi connectivity index (χ1v) is 7.06. The highest BCUT2D eigenvalue weighted by Gasteiger charge is 2.53. The van der Waals surface area contributed by atoms with Crippen molar-refractivity contribution in [1.82, 2.24) is 4.98 Å². The molecule has 2 heterocycles. The molecule has 5 nitrogen and oxygen atoms in total. The lowest BCUT2D eigenvalue weighted by molar-refractivity contribution is 0.00578. The standard InChI is InChI=1S/C14H21BN2O3/c1-13(2)14(3,4)20-15(19-13)12-11(18-10-5-6-10)7-9(16)8-17-12/h7-8,10H,5-6,16H2,1-4H3. The van der Waals surface area contributed by atoms with Crippen molar-refractivity contribution >= 4 is 18.4 Å². The Kier molecular flexibility index (Phi) is 2.99. The number of hydrogen-bond acceptors (Lipinski definition) is 5. The van der Waals surface area contributed by atoms with Crippen molar-refractivity contribution in [2.24, 2.45) is 0 Å². The smallest absolute Gasteiger partial charge is 0.489 e. The van der Waals surface area contributed by atoms with Crippen molar-refractivity contribution in [2.45, 2.75) is 57.8 Å². The minimum absolute atomic E-state index is 0.278. The van der Waals surface area contributed by atoms with Crippen LogP contribution in [0.3, 0.4) is 0 Å². The molecular weight excluding hydrogens is 255 g/mol. The van der Waals surface area contributed by atoms with Gasteiger partial charge in [-0.05, 0) is 40.5 Å². The van der Waals surface area contributed by atoms with Crippen LogP contribution < -0.4 is 16.1 Å². The van der Waals surface area contributed by atoms with E-state index >= 15 is 0 Å². The van der Waals surface area contributed by atoms with E-state index in [2.05, 4.69) is 4.98 Å². The lowest BCUT2D eigenvalue weighted by Gasteiger charge is -2.32. The quantitative estimate of drug-likeness (QED) is 0.847. The Hall–Kier alpha value is -1.27. The van der Waals surface area contributed by atoms with Crippen molar-refractivity contribution in [3.8, 4) is 5.75 Å². The Labute approximate surface area is 119 Å². The number of ether oxygens (including phenoxy) is 1. The summed E-state index contributed by atoms with van der Waals surface area (Å²) < 4.78 is 17.9. The lowest BCUT2D eigenvalue weighted by atomic mass is 9.83. The Morgan fingerprint density at radius 2 is 1.85 bits per heavy atom. The molecule has 20 heavy (non-hydrogen) atoms. The maximum absolute atomic E-state index is 6.03. The van der Waals surface area contributed by atoms with E-state index in [0.29, 0.717) is 17.0 Å². The normalized spacial score (nSPS) is 23.9. The summed E-state index contributed by atoms with van der Waals surface area (Å²) in [5.74, 6) is 0.672. The van der Waals surface area contributed by atoms with Crippen LogP contribution in [0.2, 0.25) is 0 Å². The van der Waals surface area contributed by atoms with E-state index in [0.717, 1.165) is 12.8 Å². The van der Waals surface area contributed by atoms with Gasteiger partial charge in [0.05, 0.1) is 23.0 Å². The molecule has 1 saturated carbocycles. The van der Waals surface area contributed by atoms with Crippen molar-refractivity contribution in [2.75, 3.05) is 5.73 Å². The summed E-state index contributed by atoms with van der Waals surface area (Å²) >= 11 is 0. The Morgan fingerprint density at radius 1 is 1.25 bits per heavy atom. The monoisotopic (exact) mass is 276 g/mol. The molecule has 1 saturated heterocycles. The lowest BCUT2D eigenvalue weighted by Crippen LogP contribution is -2.41. The molecule has 0 atom stereocenters. The number of nitrogen functional groups attached to an aromatic ring is 1. The number of rotatable bonds is 3. The van der Waals surface area contributed by atoms with Crippen LogP contribution in [-0.2, 0) is 9.31 Å². The van der Waals surface area contributed by atoms with E-state index in [-0.39, 0.29) is 6.10 Å². The summed E-state index contributed by atoms with van der Waals surface area (Å²) in [5.41, 5.74) is 6.28. The molecular formula is C14H21BN2O3. The molecule has 0 aromatic carbocycles. The molecule has 6 heteroatoms. The Balaban J connectivity index is 1.90. The Morgan fingerprint density at radius 3 is 2.40 bits per heavy atom. The van der Waals surface area contributed by atoms with E-state index in [1.54, 1.807) is 12.3 Å². The van der Waals surface area contributed by atoms with Crippen molar-refractivity contribution < 1.29 is 14.0 Å². The van der Waals surface area contributed by atoms with Crippen LogP contribution in [0.5, 0.6) is 5.75 Å². The van der Waals surface area contributed by atoms with Gasteiger partial charge in [-0.25, -0.2) is 0 Å². The zero-order valence-electron chi connectivity index (χ0n) is 12.5. The number of nitrogens with zero attached hydrogens (tertiary/aromatic N) is 1. The van der Waals surface area contributed by atoms with Crippen molar-refractivity contribution in [3.63, 3.8) is 0 Å². The maximum Gasteiger partial charge on any atom is 0.518 e. The zero-order valence-corrected chi connectivity index (χ0v) is 12.5. The summed E-state index contributed by atoms with van der Waals surface area (Å²) in [7, 11) is -0.519. The minimum atomic E-state index is -0.519. The number of aromatic nitrogens is 1. The van der Waals surface area contributed by atoms with Gasteiger partial charge in [-0.1, -0.05) is 0 Å². The fraction of sp³-hybridized carbons (Fsp3) is 0.643. The molecule has 0 spiro atoms. The highest BCUT2D eigenvalue weighted by molar-refractivity contribution is 6.62. The fourth-order valence-corrected chi connectivity index (χ4v) is 2.06. The number of hydrogen-bond donors (Lipinski definition) is 1. The van der Waals surface area contributed by atoms with Gasteiger partial charge in [-0.2, -0.15) is 0 Å². The molecule has 108 valence electrons. The van der Waals surface area contributed by atoms with E-state index < -0.39 is 18.3 Å². The second-order valence-corrected chi connectivity index (χ2v) is 6.56. The third kappa shape index (κ3) is 2.38. The van der Waals surface area contributed by atoms with Crippen LogP contribution in [0.15, 0.2) is 12.3 Å². The molecule has 2 aliphatic rings. The minimum Gasteiger partial charge on any atom is -0.489 e.